The Morgan fingerprint density at radius 3 is 2.65 bits per heavy atom. The van der Waals surface area contributed by atoms with E-state index in [9.17, 15) is 4.39 Å². The first-order valence-corrected chi connectivity index (χ1v) is 6.52. The van der Waals surface area contributed by atoms with Crippen molar-refractivity contribution in [3.8, 4) is 0 Å². The molecule has 0 fully saturated rings. The summed E-state index contributed by atoms with van der Waals surface area (Å²) in [5.41, 5.74) is 0.941. The monoisotopic (exact) mass is 238 g/mol. The molecule has 0 aromatic carbocycles. The van der Waals surface area contributed by atoms with Crippen LogP contribution in [-0.2, 0) is 0 Å². The molecule has 0 aliphatic rings. The maximum atomic E-state index is 12.8. The number of hydrogen-bond donors (Lipinski definition) is 1. The van der Waals surface area contributed by atoms with Crippen LogP contribution in [0.5, 0.6) is 0 Å². The zero-order chi connectivity index (χ0) is 12.7. The number of pyridine rings is 1. The van der Waals surface area contributed by atoms with Crippen molar-refractivity contribution in [1.82, 2.24) is 10.3 Å². The SMILES string of the molecule is CCCC(C)CC(NCC)c1ccc(F)cn1. The lowest BCUT2D eigenvalue weighted by molar-refractivity contribution is 0.389. The molecule has 2 nitrogen and oxygen atoms in total. The quantitative estimate of drug-likeness (QED) is 0.783. The summed E-state index contributed by atoms with van der Waals surface area (Å²) in [6.45, 7) is 7.45. The standard InChI is InChI=1S/C14H23FN2/c1-4-6-11(3)9-14(16-5-2)13-8-7-12(15)10-17-13/h7-8,10-11,14,16H,4-6,9H2,1-3H3. The van der Waals surface area contributed by atoms with Gasteiger partial charge in [0.2, 0.25) is 0 Å². The number of aromatic nitrogens is 1. The molecule has 0 spiro atoms. The summed E-state index contributed by atoms with van der Waals surface area (Å²) < 4.78 is 12.8. The Labute approximate surface area is 104 Å². The van der Waals surface area contributed by atoms with Gasteiger partial charge in [-0.25, -0.2) is 4.39 Å². The molecule has 0 amide bonds. The van der Waals surface area contributed by atoms with Crippen molar-refractivity contribution in [2.75, 3.05) is 6.54 Å². The fourth-order valence-corrected chi connectivity index (χ4v) is 2.16. The summed E-state index contributed by atoms with van der Waals surface area (Å²) in [4.78, 5) is 4.17. The molecule has 1 aromatic heterocycles. The fraction of sp³-hybridized carbons (Fsp3) is 0.643. The average Bonchev–Trinajstić information content (AvgIpc) is 2.30. The van der Waals surface area contributed by atoms with E-state index in [1.807, 2.05) is 0 Å². The molecule has 1 N–H and O–H groups in total. The average molecular weight is 238 g/mol. The van der Waals surface area contributed by atoms with Gasteiger partial charge in [0.05, 0.1) is 11.9 Å². The van der Waals surface area contributed by atoms with E-state index in [0.29, 0.717) is 5.92 Å². The minimum atomic E-state index is -0.273. The molecule has 0 saturated carbocycles. The summed E-state index contributed by atoms with van der Waals surface area (Å²) in [6, 6.07) is 3.50. The molecule has 0 bridgehead atoms. The lowest BCUT2D eigenvalue weighted by atomic mass is 9.95. The zero-order valence-electron chi connectivity index (χ0n) is 11.0. The van der Waals surface area contributed by atoms with Gasteiger partial charge >= 0.3 is 0 Å². The van der Waals surface area contributed by atoms with Gasteiger partial charge in [-0.1, -0.05) is 33.6 Å². The van der Waals surface area contributed by atoms with Crippen molar-refractivity contribution in [3.05, 3.63) is 29.8 Å². The summed E-state index contributed by atoms with van der Waals surface area (Å²) in [6.07, 6.45) is 4.78. The van der Waals surface area contributed by atoms with Crippen LogP contribution in [0.1, 0.15) is 51.8 Å². The fourth-order valence-electron chi connectivity index (χ4n) is 2.16. The molecule has 1 rings (SSSR count). The highest BCUT2D eigenvalue weighted by atomic mass is 19.1. The molecule has 3 heteroatoms. The van der Waals surface area contributed by atoms with Crippen LogP contribution in [0.2, 0.25) is 0 Å². The maximum absolute atomic E-state index is 12.8. The van der Waals surface area contributed by atoms with Gasteiger partial charge in [0.15, 0.2) is 0 Å². The largest absolute Gasteiger partial charge is 0.309 e. The molecule has 1 heterocycles. The Kier molecular flexibility index (Phi) is 6.12. The lowest BCUT2D eigenvalue weighted by Gasteiger charge is -2.21. The van der Waals surface area contributed by atoms with Crippen molar-refractivity contribution < 1.29 is 4.39 Å². The third-order valence-corrected chi connectivity index (χ3v) is 2.98. The summed E-state index contributed by atoms with van der Waals surface area (Å²) in [5, 5.41) is 3.42. The van der Waals surface area contributed by atoms with Gasteiger partial charge in [-0.3, -0.25) is 4.98 Å². The first-order valence-electron chi connectivity index (χ1n) is 6.52. The van der Waals surface area contributed by atoms with Gasteiger partial charge in [-0.15, -0.1) is 0 Å². The molecule has 2 atom stereocenters. The Balaban J connectivity index is 2.67. The van der Waals surface area contributed by atoms with E-state index in [0.717, 1.165) is 18.7 Å². The second-order valence-corrected chi connectivity index (χ2v) is 4.64. The van der Waals surface area contributed by atoms with Gasteiger partial charge < -0.3 is 5.32 Å². The summed E-state index contributed by atoms with van der Waals surface area (Å²) in [5.74, 6) is 0.390. The summed E-state index contributed by atoms with van der Waals surface area (Å²) in [7, 11) is 0. The highest BCUT2D eigenvalue weighted by Crippen LogP contribution is 2.22. The van der Waals surface area contributed by atoms with Gasteiger partial charge in [-0.2, -0.15) is 0 Å². The Morgan fingerprint density at radius 1 is 1.35 bits per heavy atom. The molecule has 2 unspecified atom stereocenters. The molecule has 0 aliphatic heterocycles. The van der Waals surface area contributed by atoms with Crippen molar-refractivity contribution >= 4 is 0 Å². The highest BCUT2D eigenvalue weighted by molar-refractivity contribution is 5.10. The van der Waals surface area contributed by atoms with Gasteiger partial charge in [0.25, 0.3) is 0 Å². The van der Waals surface area contributed by atoms with Crippen LogP contribution < -0.4 is 5.32 Å². The van der Waals surface area contributed by atoms with Gasteiger partial charge in [0.1, 0.15) is 5.82 Å². The number of nitrogens with zero attached hydrogens (tertiary/aromatic N) is 1. The zero-order valence-corrected chi connectivity index (χ0v) is 11.0. The predicted octanol–water partition coefficient (Wildman–Crippen LogP) is 3.70. The number of nitrogens with one attached hydrogen (secondary N) is 1. The van der Waals surface area contributed by atoms with Crippen molar-refractivity contribution in [1.29, 1.82) is 0 Å². The van der Waals surface area contributed by atoms with Crippen LogP contribution in [0.3, 0.4) is 0 Å². The van der Waals surface area contributed by atoms with Crippen molar-refractivity contribution in [2.45, 2.75) is 46.1 Å². The Hall–Kier alpha value is -0.960. The van der Waals surface area contributed by atoms with Crippen LogP contribution >= 0.6 is 0 Å². The minimum absolute atomic E-state index is 0.238. The summed E-state index contributed by atoms with van der Waals surface area (Å²) >= 11 is 0. The number of halogens is 1. The van der Waals surface area contributed by atoms with E-state index >= 15 is 0 Å². The predicted molar refractivity (Wildman–Crippen MR) is 69.3 cm³/mol. The molecular formula is C14H23FN2. The normalized spacial score (nSPS) is 14.6. The first-order chi connectivity index (χ1) is 8.17. The van der Waals surface area contributed by atoms with Crippen molar-refractivity contribution in [2.24, 2.45) is 5.92 Å². The van der Waals surface area contributed by atoms with E-state index in [-0.39, 0.29) is 11.9 Å². The lowest BCUT2D eigenvalue weighted by Crippen LogP contribution is -2.23. The molecule has 96 valence electrons. The van der Waals surface area contributed by atoms with Gasteiger partial charge in [0, 0.05) is 6.04 Å². The Bertz CT molecular complexity index is 311. The van der Waals surface area contributed by atoms with Crippen LogP contribution in [0.25, 0.3) is 0 Å². The molecule has 0 aliphatic carbocycles. The van der Waals surface area contributed by atoms with Crippen LogP contribution in [0, 0.1) is 11.7 Å². The molecule has 1 aromatic rings. The van der Waals surface area contributed by atoms with E-state index in [1.54, 1.807) is 6.07 Å². The van der Waals surface area contributed by atoms with Gasteiger partial charge in [-0.05, 0) is 31.0 Å². The van der Waals surface area contributed by atoms with E-state index in [2.05, 4.69) is 31.1 Å². The smallest absolute Gasteiger partial charge is 0.141 e. The molecular weight excluding hydrogens is 215 g/mol. The number of hydrogen-bond acceptors (Lipinski definition) is 2. The maximum Gasteiger partial charge on any atom is 0.141 e. The Morgan fingerprint density at radius 2 is 2.12 bits per heavy atom. The molecule has 0 radical (unpaired) electrons. The second kappa shape index (κ2) is 7.38. The highest BCUT2D eigenvalue weighted by Gasteiger charge is 2.15. The number of rotatable bonds is 7. The van der Waals surface area contributed by atoms with Crippen LogP contribution in [0.15, 0.2) is 18.3 Å². The molecule has 0 saturated heterocycles. The topological polar surface area (TPSA) is 24.9 Å². The van der Waals surface area contributed by atoms with Crippen molar-refractivity contribution in [3.63, 3.8) is 0 Å². The first kappa shape index (κ1) is 14.1. The van der Waals surface area contributed by atoms with Crippen LogP contribution in [0.4, 0.5) is 4.39 Å². The minimum Gasteiger partial charge on any atom is -0.309 e. The van der Waals surface area contributed by atoms with E-state index in [4.69, 9.17) is 0 Å². The molecule has 17 heavy (non-hydrogen) atoms. The second-order valence-electron chi connectivity index (χ2n) is 4.64. The van der Waals surface area contributed by atoms with Crippen LogP contribution in [-0.4, -0.2) is 11.5 Å². The third-order valence-electron chi connectivity index (χ3n) is 2.98. The third kappa shape index (κ3) is 4.82. The van der Waals surface area contributed by atoms with E-state index in [1.165, 1.54) is 25.1 Å². The van der Waals surface area contributed by atoms with E-state index < -0.39 is 0 Å².